The highest BCUT2D eigenvalue weighted by Gasteiger charge is 2.26. The molecule has 8 heteroatoms. The molecule has 1 aliphatic heterocycles. The van der Waals surface area contributed by atoms with Gasteiger partial charge in [0.15, 0.2) is 15.6 Å². The lowest BCUT2D eigenvalue weighted by Crippen LogP contribution is -2.47. The van der Waals surface area contributed by atoms with Crippen molar-refractivity contribution < 1.29 is 27.5 Å². The van der Waals surface area contributed by atoms with Crippen LogP contribution in [0.4, 0.5) is 0 Å². The molecule has 3 rings (SSSR count). The van der Waals surface area contributed by atoms with E-state index in [4.69, 9.17) is 9.47 Å². The molecule has 2 aromatic carbocycles. The summed E-state index contributed by atoms with van der Waals surface area (Å²) in [5.41, 5.74) is 1.49. The normalized spacial score (nSPS) is 16.7. The standard InChI is InChI=1S/C23H27NO6S/c1-17-14-19(8-9-22(17)18(2)25)30-16-20-15-24(11-12-29-20)23(26)10-13-31(27,28)21-6-4-3-5-7-21/h3-9,14,20H,10-13,15-16H2,1-2H3. The Balaban J connectivity index is 1.51. The third-order valence-corrected chi connectivity index (χ3v) is 6.92. The van der Waals surface area contributed by atoms with Crippen molar-refractivity contribution in [2.24, 2.45) is 0 Å². The lowest BCUT2D eigenvalue weighted by atomic mass is 10.1. The number of Topliss-reactive ketones (excluding diaryl/α,β-unsaturated/α-hetero) is 1. The summed E-state index contributed by atoms with van der Waals surface area (Å²) in [5, 5.41) is 0. The van der Waals surface area contributed by atoms with Crippen LogP contribution in [0.1, 0.15) is 29.3 Å². The van der Waals surface area contributed by atoms with Crippen molar-refractivity contribution in [1.29, 1.82) is 0 Å². The second-order valence-electron chi connectivity index (χ2n) is 7.56. The number of nitrogens with zero attached hydrogens (tertiary/aromatic N) is 1. The van der Waals surface area contributed by atoms with Gasteiger partial charge < -0.3 is 14.4 Å². The number of hydrogen-bond acceptors (Lipinski definition) is 6. The van der Waals surface area contributed by atoms with Crippen LogP contribution in [0.5, 0.6) is 5.75 Å². The number of ether oxygens (including phenoxy) is 2. The van der Waals surface area contributed by atoms with Crippen LogP contribution in [0.15, 0.2) is 53.4 Å². The van der Waals surface area contributed by atoms with Crippen LogP contribution in [0.25, 0.3) is 0 Å². The number of morpholine rings is 1. The van der Waals surface area contributed by atoms with Gasteiger partial charge in [-0.1, -0.05) is 18.2 Å². The molecule has 0 spiro atoms. The van der Waals surface area contributed by atoms with Crippen LogP contribution >= 0.6 is 0 Å². The number of carbonyl (C=O) groups is 2. The zero-order chi connectivity index (χ0) is 22.4. The van der Waals surface area contributed by atoms with Crippen molar-refractivity contribution in [1.82, 2.24) is 4.90 Å². The Morgan fingerprint density at radius 3 is 2.58 bits per heavy atom. The molecule has 0 aliphatic carbocycles. The number of carbonyl (C=O) groups excluding carboxylic acids is 2. The highest BCUT2D eigenvalue weighted by Crippen LogP contribution is 2.19. The van der Waals surface area contributed by atoms with E-state index < -0.39 is 9.84 Å². The maximum atomic E-state index is 12.6. The molecular weight excluding hydrogens is 418 g/mol. The molecule has 1 fully saturated rings. The van der Waals surface area contributed by atoms with Crippen LogP contribution in [0.2, 0.25) is 0 Å². The predicted molar refractivity (Wildman–Crippen MR) is 116 cm³/mol. The van der Waals surface area contributed by atoms with Gasteiger partial charge in [-0.25, -0.2) is 8.42 Å². The van der Waals surface area contributed by atoms with Gasteiger partial charge in [0.25, 0.3) is 0 Å². The largest absolute Gasteiger partial charge is 0.491 e. The molecule has 0 saturated carbocycles. The first-order valence-electron chi connectivity index (χ1n) is 10.2. The Bertz CT molecular complexity index is 1040. The molecule has 0 aromatic heterocycles. The second kappa shape index (κ2) is 10.1. The number of sulfone groups is 1. The lowest BCUT2D eigenvalue weighted by molar-refractivity contribution is -0.139. The van der Waals surface area contributed by atoms with Gasteiger partial charge in [0, 0.05) is 18.5 Å². The molecule has 0 radical (unpaired) electrons. The number of ketones is 1. The molecule has 7 nitrogen and oxygen atoms in total. The van der Waals surface area contributed by atoms with Crippen molar-refractivity contribution in [3.05, 3.63) is 59.7 Å². The number of benzene rings is 2. The monoisotopic (exact) mass is 445 g/mol. The Morgan fingerprint density at radius 1 is 1.16 bits per heavy atom. The molecule has 166 valence electrons. The zero-order valence-electron chi connectivity index (χ0n) is 17.7. The van der Waals surface area contributed by atoms with Crippen LogP contribution in [0, 0.1) is 6.92 Å². The van der Waals surface area contributed by atoms with Gasteiger partial charge in [-0.3, -0.25) is 9.59 Å². The summed E-state index contributed by atoms with van der Waals surface area (Å²) < 4.78 is 36.3. The SMILES string of the molecule is CC(=O)c1ccc(OCC2CN(C(=O)CCS(=O)(=O)c3ccccc3)CCO2)cc1C. The van der Waals surface area contributed by atoms with Crippen LogP contribution in [0.3, 0.4) is 0 Å². The number of hydrogen-bond donors (Lipinski definition) is 0. The molecule has 1 saturated heterocycles. The van der Waals surface area contributed by atoms with Crippen molar-refractivity contribution in [3.8, 4) is 5.75 Å². The summed E-state index contributed by atoms with van der Waals surface area (Å²) in [7, 11) is -3.50. The van der Waals surface area contributed by atoms with Crippen LogP contribution in [-0.4, -0.2) is 63.2 Å². The summed E-state index contributed by atoms with van der Waals surface area (Å²) in [4.78, 5) is 26.0. The van der Waals surface area contributed by atoms with Gasteiger partial charge in [-0.05, 0) is 49.7 Å². The molecule has 1 atom stereocenters. The first kappa shape index (κ1) is 23.0. The van der Waals surface area contributed by atoms with Crippen molar-refractivity contribution in [2.45, 2.75) is 31.3 Å². The van der Waals surface area contributed by atoms with E-state index in [1.165, 1.54) is 19.1 Å². The van der Waals surface area contributed by atoms with E-state index in [2.05, 4.69) is 0 Å². The Hall–Kier alpha value is -2.71. The minimum Gasteiger partial charge on any atom is -0.491 e. The minimum atomic E-state index is -3.50. The fraction of sp³-hybridized carbons (Fsp3) is 0.391. The molecule has 2 aromatic rings. The molecule has 0 bridgehead atoms. The summed E-state index contributed by atoms with van der Waals surface area (Å²) >= 11 is 0. The maximum absolute atomic E-state index is 12.6. The first-order chi connectivity index (χ1) is 14.8. The summed E-state index contributed by atoms with van der Waals surface area (Å²) in [6, 6.07) is 13.4. The Morgan fingerprint density at radius 2 is 1.90 bits per heavy atom. The highest BCUT2D eigenvalue weighted by atomic mass is 32.2. The van der Waals surface area contributed by atoms with E-state index in [0.29, 0.717) is 31.0 Å². The second-order valence-corrected chi connectivity index (χ2v) is 9.67. The summed E-state index contributed by atoms with van der Waals surface area (Å²) in [6.07, 6.45) is -0.382. The van der Waals surface area contributed by atoms with E-state index in [9.17, 15) is 18.0 Å². The van der Waals surface area contributed by atoms with Crippen molar-refractivity contribution >= 4 is 21.5 Å². The zero-order valence-corrected chi connectivity index (χ0v) is 18.6. The maximum Gasteiger partial charge on any atom is 0.223 e. The molecule has 31 heavy (non-hydrogen) atoms. The van der Waals surface area contributed by atoms with Gasteiger partial charge in [0.1, 0.15) is 18.5 Å². The van der Waals surface area contributed by atoms with Crippen LogP contribution < -0.4 is 4.74 Å². The fourth-order valence-electron chi connectivity index (χ4n) is 3.48. The molecule has 0 N–H and O–H groups in total. The molecular formula is C23H27NO6S. The quantitative estimate of drug-likeness (QED) is 0.581. The third-order valence-electron chi connectivity index (χ3n) is 5.19. The Kier molecular flexibility index (Phi) is 7.46. The summed E-state index contributed by atoms with van der Waals surface area (Å²) in [5.74, 6) is 0.192. The lowest BCUT2D eigenvalue weighted by Gasteiger charge is -2.33. The fourth-order valence-corrected chi connectivity index (χ4v) is 4.73. The van der Waals surface area contributed by atoms with E-state index in [0.717, 1.165) is 5.56 Å². The summed E-state index contributed by atoms with van der Waals surface area (Å²) in [6.45, 7) is 4.76. The number of rotatable bonds is 8. The van der Waals surface area contributed by atoms with Gasteiger partial charge in [0.2, 0.25) is 5.91 Å². The van der Waals surface area contributed by atoms with E-state index in [1.807, 2.05) is 6.92 Å². The minimum absolute atomic E-state index is 0.00287. The van der Waals surface area contributed by atoms with Gasteiger partial charge in [-0.2, -0.15) is 0 Å². The third kappa shape index (κ3) is 6.15. The average molecular weight is 446 g/mol. The molecule has 1 aliphatic rings. The number of aryl methyl sites for hydroxylation is 1. The van der Waals surface area contributed by atoms with Gasteiger partial charge >= 0.3 is 0 Å². The topological polar surface area (TPSA) is 90.0 Å². The van der Waals surface area contributed by atoms with Gasteiger partial charge in [0.05, 0.1) is 23.8 Å². The predicted octanol–water partition coefficient (Wildman–Crippen LogP) is 2.67. The first-order valence-corrected chi connectivity index (χ1v) is 11.8. The Labute approximate surface area is 182 Å². The smallest absolute Gasteiger partial charge is 0.223 e. The van der Waals surface area contributed by atoms with Crippen LogP contribution in [-0.2, 0) is 19.4 Å². The van der Waals surface area contributed by atoms with E-state index in [1.54, 1.807) is 41.3 Å². The molecule has 1 heterocycles. The number of amides is 1. The van der Waals surface area contributed by atoms with Crippen molar-refractivity contribution in [3.63, 3.8) is 0 Å². The highest BCUT2D eigenvalue weighted by molar-refractivity contribution is 7.91. The molecule has 1 unspecified atom stereocenters. The van der Waals surface area contributed by atoms with E-state index in [-0.39, 0.29) is 41.5 Å². The average Bonchev–Trinajstić information content (AvgIpc) is 2.76. The van der Waals surface area contributed by atoms with E-state index >= 15 is 0 Å². The molecule has 1 amide bonds. The van der Waals surface area contributed by atoms with Crippen molar-refractivity contribution in [2.75, 3.05) is 32.1 Å². The van der Waals surface area contributed by atoms with Gasteiger partial charge in [-0.15, -0.1) is 0 Å².